The smallest absolute Gasteiger partial charge is 0.306 e. The Bertz CT molecular complexity index is 824. The van der Waals surface area contributed by atoms with Crippen molar-refractivity contribution in [3.8, 4) is 0 Å². The topological polar surface area (TPSA) is 98.5 Å². The number of nitrogens with zero attached hydrogens (tertiary/aromatic N) is 1. The molecule has 2 rings (SSSR count). The number of anilines is 1. The van der Waals surface area contributed by atoms with Gasteiger partial charge in [-0.25, -0.2) is 0 Å². The van der Waals surface area contributed by atoms with Crippen molar-refractivity contribution in [2.45, 2.75) is 19.4 Å². The summed E-state index contributed by atoms with van der Waals surface area (Å²) >= 11 is 11.7. The van der Waals surface area contributed by atoms with Crippen LogP contribution in [0.1, 0.15) is 18.4 Å². The lowest BCUT2D eigenvalue weighted by atomic mass is 10.2. The summed E-state index contributed by atoms with van der Waals surface area (Å²) in [5, 5.41) is 13.9. The highest BCUT2D eigenvalue weighted by Crippen LogP contribution is 2.23. The molecule has 0 aliphatic carbocycles. The molecular weight excluding hydrogens is 383 g/mol. The number of hydrogen-bond acceptors (Lipinski definition) is 5. The van der Waals surface area contributed by atoms with E-state index in [1.807, 2.05) is 0 Å². The number of benzene rings is 2. The molecule has 7 nitrogen and oxygen atoms in total. The van der Waals surface area contributed by atoms with Gasteiger partial charge in [0.25, 0.3) is 5.69 Å². The van der Waals surface area contributed by atoms with Gasteiger partial charge in [0.15, 0.2) is 0 Å². The van der Waals surface area contributed by atoms with Crippen molar-refractivity contribution in [1.29, 1.82) is 0 Å². The number of halogens is 2. The molecule has 0 saturated carbocycles. The molecular formula is C17H14Cl2N2O5. The molecule has 1 amide bonds. The van der Waals surface area contributed by atoms with Crippen molar-refractivity contribution in [3.05, 3.63) is 68.2 Å². The zero-order chi connectivity index (χ0) is 19.1. The van der Waals surface area contributed by atoms with Gasteiger partial charge in [-0.05, 0) is 29.8 Å². The zero-order valence-corrected chi connectivity index (χ0v) is 14.9. The van der Waals surface area contributed by atoms with E-state index in [0.717, 1.165) is 0 Å². The summed E-state index contributed by atoms with van der Waals surface area (Å²) in [4.78, 5) is 33.5. The second kappa shape index (κ2) is 9.17. The van der Waals surface area contributed by atoms with E-state index in [1.54, 1.807) is 18.2 Å². The van der Waals surface area contributed by atoms with Crippen LogP contribution in [-0.4, -0.2) is 16.8 Å². The van der Waals surface area contributed by atoms with Gasteiger partial charge in [-0.15, -0.1) is 0 Å². The van der Waals surface area contributed by atoms with Gasteiger partial charge < -0.3 is 10.1 Å². The third kappa shape index (κ3) is 6.02. The molecule has 0 saturated heterocycles. The Balaban J connectivity index is 1.74. The molecule has 2 aromatic rings. The lowest BCUT2D eigenvalue weighted by Crippen LogP contribution is -2.14. The minimum absolute atomic E-state index is 0.0275. The Hall–Kier alpha value is -2.64. The highest BCUT2D eigenvalue weighted by Gasteiger charge is 2.10. The lowest BCUT2D eigenvalue weighted by molar-refractivity contribution is -0.384. The Labute approximate surface area is 159 Å². The number of carbonyl (C=O) groups excluding carboxylic acids is 2. The largest absolute Gasteiger partial charge is 0.461 e. The molecule has 0 aliphatic rings. The van der Waals surface area contributed by atoms with Gasteiger partial charge in [0, 0.05) is 24.2 Å². The Morgan fingerprint density at radius 2 is 1.73 bits per heavy atom. The molecule has 0 bridgehead atoms. The van der Waals surface area contributed by atoms with E-state index in [1.165, 1.54) is 24.3 Å². The number of esters is 1. The number of carbonyl (C=O) groups is 2. The van der Waals surface area contributed by atoms with Gasteiger partial charge in [-0.2, -0.15) is 0 Å². The second-order valence-corrected chi connectivity index (χ2v) is 6.08. The fraction of sp³-hybridized carbons (Fsp3) is 0.176. The SMILES string of the molecule is O=C(CCC(=O)OCc1ccc(Cl)c(Cl)c1)Nc1ccc([N+](=O)[O-])cc1. The first-order chi connectivity index (χ1) is 12.3. The Kier molecular flexibility index (Phi) is 6.94. The van der Waals surface area contributed by atoms with Gasteiger partial charge >= 0.3 is 5.97 Å². The summed E-state index contributed by atoms with van der Waals surface area (Å²) in [7, 11) is 0. The highest BCUT2D eigenvalue weighted by molar-refractivity contribution is 6.42. The van der Waals surface area contributed by atoms with Gasteiger partial charge in [0.1, 0.15) is 6.61 Å². The van der Waals surface area contributed by atoms with Crippen molar-refractivity contribution in [2.75, 3.05) is 5.32 Å². The van der Waals surface area contributed by atoms with Crippen molar-refractivity contribution in [3.63, 3.8) is 0 Å². The van der Waals surface area contributed by atoms with Gasteiger partial charge in [-0.1, -0.05) is 29.3 Å². The maximum atomic E-state index is 11.8. The maximum Gasteiger partial charge on any atom is 0.306 e. The number of nitro benzene ring substituents is 1. The molecule has 136 valence electrons. The molecule has 2 aromatic carbocycles. The lowest BCUT2D eigenvalue weighted by Gasteiger charge is -2.07. The van der Waals surface area contributed by atoms with Crippen LogP contribution >= 0.6 is 23.2 Å². The summed E-state index contributed by atoms with van der Waals surface area (Å²) in [5.41, 5.74) is 1.02. The zero-order valence-electron chi connectivity index (χ0n) is 13.4. The van der Waals surface area contributed by atoms with E-state index in [9.17, 15) is 19.7 Å². The van der Waals surface area contributed by atoms with Crippen LogP contribution in [-0.2, 0) is 20.9 Å². The number of non-ortho nitro benzene ring substituents is 1. The van der Waals surface area contributed by atoms with Gasteiger partial charge in [0.05, 0.1) is 21.4 Å². The van der Waals surface area contributed by atoms with E-state index in [0.29, 0.717) is 21.3 Å². The molecule has 0 aliphatic heterocycles. The summed E-state index contributed by atoms with van der Waals surface area (Å²) in [6.45, 7) is 0.0275. The van der Waals surface area contributed by atoms with E-state index in [-0.39, 0.29) is 25.1 Å². The molecule has 9 heteroatoms. The maximum absolute atomic E-state index is 11.8. The minimum Gasteiger partial charge on any atom is -0.461 e. The molecule has 0 fully saturated rings. The standard InChI is InChI=1S/C17H14Cl2N2O5/c18-14-6-1-11(9-15(14)19)10-26-17(23)8-7-16(22)20-12-2-4-13(5-3-12)21(24)25/h1-6,9H,7-8,10H2,(H,20,22). The molecule has 0 radical (unpaired) electrons. The minimum atomic E-state index is -0.532. The van der Waals surface area contributed by atoms with E-state index >= 15 is 0 Å². The van der Waals surface area contributed by atoms with Gasteiger partial charge in [0.2, 0.25) is 5.91 Å². The average Bonchev–Trinajstić information content (AvgIpc) is 2.61. The fourth-order valence-electron chi connectivity index (χ4n) is 1.97. The third-order valence-electron chi connectivity index (χ3n) is 3.30. The van der Waals surface area contributed by atoms with Gasteiger partial charge in [-0.3, -0.25) is 19.7 Å². The summed E-state index contributed by atoms with van der Waals surface area (Å²) in [6, 6.07) is 10.3. The molecule has 26 heavy (non-hydrogen) atoms. The van der Waals surface area contributed by atoms with Crippen LogP contribution in [0.25, 0.3) is 0 Å². The number of amides is 1. The number of nitrogens with one attached hydrogen (secondary N) is 1. The number of ether oxygens (including phenoxy) is 1. The molecule has 0 spiro atoms. The third-order valence-corrected chi connectivity index (χ3v) is 4.04. The van der Waals surface area contributed by atoms with Crippen LogP contribution in [0.3, 0.4) is 0 Å². The normalized spacial score (nSPS) is 10.2. The van der Waals surface area contributed by atoms with Crippen LogP contribution in [0.2, 0.25) is 10.0 Å². The van der Waals surface area contributed by atoms with Crippen LogP contribution in [0.5, 0.6) is 0 Å². The molecule has 1 N–H and O–H groups in total. The monoisotopic (exact) mass is 396 g/mol. The molecule has 0 unspecified atom stereocenters. The van der Waals surface area contributed by atoms with Crippen molar-refractivity contribution >= 4 is 46.5 Å². The number of rotatable bonds is 7. The molecule has 0 heterocycles. The highest BCUT2D eigenvalue weighted by atomic mass is 35.5. The quantitative estimate of drug-likeness (QED) is 0.425. The first-order valence-corrected chi connectivity index (χ1v) is 8.24. The Morgan fingerprint density at radius 3 is 2.35 bits per heavy atom. The van der Waals surface area contributed by atoms with Crippen molar-refractivity contribution < 1.29 is 19.2 Å². The van der Waals surface area contributed by atoms with Crippen LogP contribution in [0.15, 0.2) is 42.5 Å². The number of hydrogen-bond donors (Lipinski definition) is 1. The first-order valence-electron chi connectivity index (χ1n) is 7.49. The summed E-state index contributed by atoms with van der Waals surface area (Å²) in [6.07, 6.45) is -0.169. The van der Waals surface area contributed by atoms with Crippen LogP contribution < -0.4 is 5.32 Å². The van der Waals surface area contributed by atoms with E-state index in [4.69, 9.17) is 27.9 Å². The number of nitro groups is 1. The fourth-order valence-corrected chi connectivity index (χ4v) is 2.29. The molecule has 0 aromatic heterocycles. The van der Waals surface area contributed by atoms with Crippen LogP contribution in [0.4, 0.5) is 11.4 Å². The molecule has 0 atom stereocenters. The average molecular weight is 397 g/mol. The van der Waals surface area contributed by atoms with Crippen molar-refractivity contribution in [2.24, 2.45) is 0 Å². The Morgan fingerprint density at radius 1 is 1.04 bits per heavy atom. The van der Waals surface area contributed by atoms with E-state index < -0.39 is 16.8 Å². The summed E-state index contributed by atoms with van der Waals surface area (Å²) < 4.78 is 5.07. The summed E-state index contributed by atoms with van der Waals surface area (Å²) in [5.74, 6) is -0.930. The predicted molar refractivity (Wildman–Crippen MR) is 97.2 cm³/mol. The van der Waals surface area contributed by atoms with Crippen LogP contribution in [0, 0.1) is 10.1 Å². The van der Waals surface area contributed by atoms with E-state index in [2.05, 4.69) is 5.32 Å². The predicted octanol–water partition coefficient (Wildman–Crippen LogP) is 4.36. The van der Waals surface area contributed by atoms with Crippen molar-refractivity contribution in [1.82, 2.24) is 0 Å². The second-order valence-electron chi connectivity index (χ2n) is 5.26. The first kappa shape index (κ1) is 19.7.